The minimum absolute atomic E-state index is 1.20. The summed E-state index contributed by atoms with van der Waals surface area (Å²) >= 11 is 0. The van der Waals surface area contributed by atoms with Crippen LogP contribution in [0.5, 0.6) is 0 Å². The monoisotopic (exact) mass is 519 g/mol. The van der Waals surface area contributed by atoms with Gasteiger partial charge in [0, 0.05) is 16.5 Å². The highest BCUT2D eigenvalue weighted by molar-refractivity contribution is 6.17. The number of nitrogens with zero attached hydrogens (tertiary/aromatic N) is 1. The predicted molar refractivity (Wildman–Crippen MR) is 174 cm³/mol. The third kappa shape index (κ3) is 3.30. The Morgan fingerprint density at radius 2 is 0.878 bits per heavy atom. The van der Waals surface area contributed by atoms with E-state index in [2.05, 4.69) is 156 Å². The van der Waals surface area contributed by atoms with Gasteiger partial charge in [-0.25, -0.2) is 0 Å². The van der Waals surface area contributed by atoms with Crippen molar-refractivity contribution in [2.45, 2.75) is 0 Å². The third-order valence-electron chi connectivity index (χ3n) is 8.71. The van der Waals surface area contributed by atoms with Gasteiger partial charge in [-0.3, -0.25) is 0 Å². The first-order chi connectivity index (χ1) is 20.3. The lowest BCUT2D eigenvalue weighted by atomic mass is 10.0. The fourth-order valence-corrected chi connectivity index (χ4v) is 6.85. The van der Waals surface area contributed by atoms with E-state index in [0.29, 0.717) is 0 Å². The zero-order valence-corrected chi connectivity index (χ0v) is 22.4. The van der Waals surface area contributed by atoms with Crippen molar-refractivity contribution in [1.82, 2.24) is 4.57 Å². The summed E-state index contributed by atoms with van der Waals surface area (Å²) in [6.45, 7) is 0. The molecule has 1 aliphatic rings. The maximum atomic E-state index is 2.46. The summed E-state index contributed by atoms with van der Waals surface area (Å²) in [5, 5.41) is 5.17. The van der Waals surface area contributed by atoms with Crippen molar-refractivity contribution in [3.63, 3.8) is 0 Å². The Bertz CT molecular complexity index is 2190. The Hall–Kier alpha value is -5.40. The smallest absolute Gasteiger partial charge is 0.0541 e. The van der Waals surface area contributed by atoms with Crippen LogP contribution in [-0.4, -0.2) is 4.57 Å². The lowest BCUT2D eigenvalue weighted by molar-refractivity contribution is 1.19. The van der Waals surface area contributed by atoms with Crippen LogP contribution in [0, 0.1) is 0 Å². The molecule has 0 N–H and O–H groups in total. The van der Waals surface area contributed by atoms with Gasteiger partial charge in [-0.15, -0.1) is 0 Å². The SMILES string of the molecule is c1ccc(-c2ccc3c(c2)c2cc(-c4ccccc4)ccc2n3-c2cc3c4c(cccc4c2)-c2ccccc2-3)cc1. The number of rotatable bonds is 3. The molecule has 0 saturated carbocycles. The van der Waals surface area contributed by atoms with Crippen LogP contribution in [0.2, 0.25) is 0 Å². The Morgan fingerprint density at radius 3 is 1.49 bits per heavy atom. The molecule has 0 radical (unpaired) electrons. The first kappa shape index (κ1) is 22.4. The van der Waals surface area contributed by atoms with Crippen LogP contribution in [0.15, 0.2) is 152 Å². The predicted octanol–water partition coefficient (Wildman–Crippen LogP) is 10.9. The molecular weight excluding hydrogens is 494 g/mol. The van der Waals surface area contributed by atoms with Gasteiger partial charge in [0.15, 0.2) is 0 Å². The summed E-state index contributed by atoms with van der Waals surface area (Å²) in [4.78, 5) is 0. The molecule has 0 amide bonds. The fraction of sp³-hybridized carbons (Fsp3) is 0. The summed E-state index contributed by atoms with van der Waals surface area (Å²) in [5.74, 6) is 0. The summed E-state index contributed by atoms with van der Waals surface area (Å²) in [6, 6.07) is 55.5. The molecule has 41 heavy (non-hydrogen) atoms. The zero-order chi connectivity index (χ0) is 26.9. The number of benzene rings is 7. The molecule has 0 aliphatic heterocycles. The van der Waals surface area contributed by atoms with Gasteiger partial charge >= 0.3 is 0 Å². The van der Waals surface area contributed by atoms with Gasteiger partial charge in [0.2, 0.25) is 0 Å². The Kier molecular flexibility index (Phi) is 4.67. The number of hydrogen-bond donors (Lipinski definition) is 0. The van der Waals surface area contributed by atoms with Gasteiger partial charge < -0.3 is 4.57 Å². The average Bonchev–Trinajstić information content (AvgIpc) is 3.55. The van der Waals surface area contributed by atoms with E-state index in [1.807, 2.05) is 0 Å². The minimum atomic E-state index is 1.20. The van der Waals surface area contributed by atoms with E-state index in [1.54, 1.807) is 0 Å². The lowest BCUT2D eigenvalue weighted by Crippen LogP contribution is -1.95. The first-order valence-corrected chi connectivity index (χ1v) is 14.2. The number of hydrogen-bond acceptors (Lipinski definition) is 0. The second-order valence-electron chi connectivity index (χ2n) is 11.0. The van der Waals surface area contributed by atoms with E-state index in [-0.39, 0.29) is 0 Å². The Morgan fingerprint density at radius 1 is 0.341 bits per heavy atom. The standard InChI is InChI=1S/C40H25N/c1-3-10-26(11-4-1)28-18-20-38-35(23-28)36-24-29(27-12-5-2-6-13-27)19-21-39(36)41(38)31-22-30-14-9-17-34-32-15-7-8-16-33(32)37(25-31)40(30)34/h1-25H. The summed E-state index contributed by atoms with van der Waals surface area (Å²) in [7, 11) is 0. The van der Waals surface area contributed by atoms with E-state index < -0.39 is 0 Å². The van der Waals surface area contributed by atoms with Gasteiger partial charge in [-0.2, -0.15) is 0 Å². The second-order valence-corrected chi connectivity index (χ2v) is 11.0. The molecule has 1 heteroatoms. The molecule has 0 fully saturated rings. The maximum Gasteiger partial charge on any atom is 0.0541 e. The van der Waals surface area contributed by atoms with Crippen LogP contribution < -0.4 is 0 Å². The Balaban J connectivity index is 1.36. The Labute approximate surface area is 238 Å². The first-order valence-electron chi connectivity index (χ1n) is 14.2. The average molecular weight is 520 g/mol. The molecule has 0 bridgehead atoms. The van der Waals surface area contributed by atoms with Crippen LogP contribution in [0.25, 0.3) is 82.8 Å². The van der Waals surface area contributed by atoms with Gasteiger partial charge in [0.25, 0.3) is 0 Å². The van der Waals surface area contributed by atoms with Crippen LogP contribution >= 0.6 is 0 Å². The fourth-order valence-electron chi connectivity index (χ4n) is 6.85. The van der Waals surface area contributed by atoms with Crippen molar-refractivity contribution in [2.24, 2.45) is 0 Å². The van der Waals surface area contributed by atoms with Gasteiger partial charge in [-0.1, -0.05) is 115 Å². The maximum absolute atomic E-state index is 2.46. The molecule has 1 nitrogen and oxygen atoms in total. The highest BCUT2D eigenvalue weighted by atomic mass is 15.0. The lowest BCUT2D eigenvalue weighted by Gasteiger charge is -2.12. The molecule has 1 aliphatic carbocycles. The van der Waals surface area contributed by atoms with Crippen molar-refractivity contribution in [2.75, 3.05) is 0 Å². The molecule has 8 aromatic rings. The van der Waals surface area contributed by atoms with Crippen LogP contribution in [0.1, 0.15) is 0 Å². The minimum Gasteiger partial charge on any atom is -0.309 e. The van der Waals surface area contributed by atoms with Crippen LogP contribution in [0.4, 0.5) is 0 Å². The zero-order valence-electron chi connectivity index (χ0n) is 22.4. The quantitative estimate of drug-likeness (QED) is 0.219. The molecule has 0 atom stereocenters. The highest BCUT2D eigenvalue weighted by Gasteiger charge is 2.23. The molecular formula is C40H25N. The van der Waals surface area contributed by atoms with E-state index in [9.17, 15) is 0 Å². The molecule has 190 valence electrons. The molecule has 0 saturated heterocycles. The van der Waals surface area contributed by atoms with E-state index in [1.165, 1.54) is 82.8 Å². The molecule has 0 unspecified atom stereocenters. The van der Waals surface area contributed by atoms with Gasteiger partial charge in [0.1, 0.15) is 0 Å². The second kappa shape index (κ2) is 8.55. The third-order valence-corrected chi connectivity index (χ3v) is 8.71. The number of fused-ring (bicyclic) bond motifs is 6. The van der Waals surface area contributed by atoms with Crippen LogP contribution in [0.3, 0.4) is 0 Å². The summed E-state index contributed by atoms with van der Waals surface area (Å²) in [5.41, 5.74) is 13.9. The van der Waals surface area contributed by atoms with Crippen molar-refractivity contribution in [3.05, 3.63) is 152 Å². The summed E-state index contributed by atoms with van der Waals surface area (Å²) < 4.78 is 2.46. The highest BCUT2D eigenvalue weighted by Crippen LogP contribution is 2.48. The topological polar surface area (TPSA) is 4.93 Å². The molecule has 0 spiro atoms. The van der Waals surface area contributed by atoms with Crippen molar-refractivity contribution in [1.29, 1.82) is 0 Å². The largest absolute Gasteiger partial charge is 0.309 e. The molecule has 9 rings (SSSR count). The summed E-state index contributed by atoms with van der Waals surface area (Å²) in [6.07, 6.45) is 0. The normalized spacial score (nSPS) is 11.9. The molecule has 1 aromatic heterocycles. The number of aromatic nitrogens is 1. The van der Waals surface area contributed by atoms with Gasteiger partial charge in [-0.05, 0) is 91.7 Å². The van der Waals surface area contributed by atoms with Gasteiger partial charge in [0.05, 0.1) is 11.0 Å². The van der Waals surface area contributed by atoms with E-state index in [4.69, 9.17) is 0 Å². The van der Waals surface area contributed by atoms with Crippen molar-refractivity contribution in [3.8, 4) is 50.2 Å². The molecule has 7 aromatic carbocycles. The van der Waals surface area contributed by atoms with Crippen LogP contribution in [-0.2, 0) is 0 Å². The van der Waals surface area contributed by atoms with E-state index >= 15 is 0 Å². The van der Waals surface area contributed by atoms with Crippen molar-refractivity contribution >= 4 is 32.6 Å². The van der Waals surface area contributed by atoms with E-state index in [0.717, 1.165) is 0 Å². The molecule has 1 heterocycles. The van der Waals surface area contributed by atoms with Crippen molar-refractivity contribution < 1.29 is 0 Å².